The molecule has 9 atom stereocenters. The Hall–Kier alpha value is -3.31. The Balaban J connectivity index is 1.79. The molecule has 3 rings (SSSR count). The van der Waals surface area contributed by atoms with Crippen molar-refractivity contribution in [1.82, 2.24) is 4.98 Å². The zero-order valence-electron chi connectivity index (χ0n) is 27.4. The molecule has 0 spiro atoms. The number of aliphatic hydroxyl groups excluding tert-OH is 3. The number of ether oxygens (including phenoxy) is 3. The maximum Gasteiger partial charge on any atom is 0.330 e. The number of hydrogen-bond acceptors (Lipinski definition) is 10. The summed E-state index contributed by atoms with van der Waals surface area (Å²) in [5.41, 5.74) is 1.41. The van der Waals surface area contributed by atoms with Gasteiger partial charge in [0.2, 0.25) is 0 Å². The number of cyclic esters (lactones) is 1. The molecule has 1 aromatic rings. The molecule has 0 aliphatic carbocycles. The van der Waals surface area contributed by atoms with Crippen LogP contribution in [-0.2, 0) is 23.8 Å². The van der Waals surface area contributed by atoms with E-state index in [1.807, 2.05) is 44.2 Å². The van der Waals surface area contributed by atoms with Crippen LogP contribution in [-0.4, -0.2) is 75.5 Å². The minimum atomic E-state index is -0.988. The lowest BCUT2D eigenvalue weighted by molar-refractivity contribution is -0.150. The number of nitrogens with zero attached hydrogens (tertiary/aromatic N) is 1. The van der Waals surface area contributed by atoms with Crippen LogP contribution in [0.5, 0.6) is 0 Å². The Morgan fingerprint density at radius 3 is 2.64 bits per heavy atom. The molecule has 2 aliphatic rings. The fourth-order valence-electron chi connectivity index (χ4n) is 5.45. The molecular formula is C35H49NO9. The van der Waals surface area contributed by atoms with Crippen LogP contribution < -0.4 is 0 Å². The van der Waals surface area contributed by atoms with Gasteiger partial charge in [0.05, 0.1) is 25.4 Å². The minimum Gasteiger partial charge on any atom is -0.469 e. The van der Waals surface area contributed by atoms with Gasteiger partial charge >= 0.3 is 11.9 Å². The van der Waals surface area contributed by atoms with Crippen LogP contribution in [0.2, 0.25) is 0 Å². The van der Waals surface area contributed by atoms with E-state index >= 15 is 0 Å². The second-order valence-electron chi connectivity index (χ2n) is 12.5. The third-order valence-electron chi connectivity index (χ3n) is 8.73. The van der Waals surface area contributed by atoms with Crippen molar-refractivity contribution in [1.29, 1.82) is 0 Å². The molecule has 1 saturated heterocycles. The van der Waals surface area contributed by atoms with E-state index < -0.39 is 47.9 Å². The molecule has 0 radical (unpaired) electrons. The number of carbonyl (C=O) groups excluding carboxylic acids is 2. The van der Waals surface area contributed by atoms with E-state index in [1.165, 1.54) is 13.2 Å². The fraction of sp³-hybridized carbons (Fsp3) is 0.571. The number of carbonyl (C=O) groups is 2. The van der Waals surface area contributed by atoms with Crippen LogP contribution in [0, 0.1) is 24.7 Å². The summed E-state index contributed by atoms with van der Waals surface area (Å²) in [5, 5.41) is 33.3. The maximum absolute atomic E-state index is 13.0. The second kappa shape index (κ2) is 16.3. The summed E-state index contributed by atoms with van der Waals surface area (Å²) in [6, 6.07) is 0. The van der Waals surface area contributed by atoms with E-state index in [-0.39, 0.29) is 30.8 Å². The molecule has 1 fully saturated rings. The van der Waals surface area contributed by atoms with Gasteiger partial charge in [-0.3, -0.25) is 4.79 Å². The van der Waals surface area contributed by atoms with E-state index in [4.69, 9.17) is 18.6 Å². The Morgan fingerprint density at radius 2 is 1.98 bits per heavy atom. The summed E-state index contributed by atoms with van der Waals surface area (Å²) in [7, 11) is 1.32. The number of rotatable bonds is 8. The Morgan fingerprint density at radius 1 is 1.24 bits per heavy atom. The monoisotopic (exact) mass is 627 g/mol. The van der Waals surface area contributed by atoms with E-state index in [9.17, 15) is 24.9 Å². The zero-order chi connectivity index (χ0) is 33.3. The number of aliphatic hydroxyl groups is 3. The van der Waals surface area contributed by atoms with Gasteiger partial charge in [-0.05, 0) is 56.8 Å². The van der Waals surface area contributed by atoms with Gasteiger partial charge in [-0.15, -0.1) is 0 Å². The first-order chi connectivity index (χ1) is 21.2. The molecule has 45 heavy (non-hydrogen) atoms. The highest BCUT2D eigenvalue weighted by Gasteiger charge is 2.56. The van der Waals surface area contributed by atoms with Crippen molar-refractivity contribution in [2.24, 2.45) is 17.8 Å². The van der Waals surface area contributed by atoms with Gasteiger partial charge in [0.1, 0.15) is 29.8 Å². The standard InChI is InChI=1S/C35H49NO9/c1-21(16-27-20-43-25(5)36-27)10-8-11-23(3)34(41)24(4)29-19-30(38)35(6)31(45-35)15-14-22(2)28(37)17-26(18-33(40)42-7)12-9-13-32(39)44-29/h8-11,13-16,20,22,24,26,28-31,34,37-38,41H,12,17-19H2,1-7H3/t22-,24+,26-,28-,29-,30+,31-,34+,35+/m1/s1. The summed E-state index contributed by atoms with van der Waals surface area (Å²) >= 11 is 0. The van der Waals surface area contributed by atoms with Gasteiger partial charge in [-0.25, -0.2) is 9.78 Å². The van der Waals surface area contributed by atoms with Gasteiger partial charge < -0.3 is 33.9 Å². The minimum absolute atomic E-state index is 0.0455. The average molecular weight is 628 g/mol. The normalized spacial score (nSPS) is 31.7. The molecule has 3 N–H and O–H groups in total. The van der Waals surface area contributed by atoms with E-state index in [1.54, 1.807) is 46.1 Å². The van der Waals surface area contributed by atoms with Crippen molar-refractivity contribution in [2.75, 3.05) is 7.11 Å². The molecule has 248 valence electrons. The molecule has 0 saturated carbocycles. The first-order valence-corrected chi connectivity index (χ1v) is 15.5. The molecule has 0 unspecified atom stereocenters. The van der Waals surface area contributed by atoms with Gasteiger partial charge in [0.15, 0.2) is 5.89 Å². The Bertz CT molecular complexity index is 1310. The molecular weight excluding hydrogens is 578 g/mol. The molecule has 10 heteroatoms. The number of methoxy groups -OCH3 is 1. The van der Waals surface area contributed by atoms with Crippen LogP contribution >= 0.6 is 0 Å². The van der Waals surface area contributed by atoms with Crippen molar-refractivity contribution in [2.45, 2.75) is 103 Å². The first kappa shape index (κ1) is 36.2. The number of aromatic nitrogens is 1. The van der Waals surface area contributed by atoms with Gasteiger partial charge in [-0.2, -0.15) is 0 Å². The number of allylic oxidation sites excluding steroid dienone is 5. The summed E-state index contributed by atoms with van der Waals surface area (Å²) < 4.78 is 21.7. The van der Waals surface area contributed by atoms with Crippen LogP contribution in [0.15, 0.2) is 64.4 Å². The molecule has 1 aromatic heterocycles. The molecule has 10 nitrogen and oxygen atoms in total. The van der Waals surface area contributed by atoms with Gasteiger partial charge in [0.25, 0.3) is 0 Å². The molecule has 2 aliphatic heterocycles. The Kier molecular flexibility index (Phi) is 13.1. The van der Waals surface area contributed by atoms with Crippen molar-refractivity contribution in [3.63, 3.8) is 0 Å². The lowest BCUT2D eigenvalue weighted by Gasteiger charge is -2.30. The lowest BCUT2D eigenvalue weighted by Crippen LogP contribution is -2.40. The Labute approximate surface area is 266 Å². The quantitative estimate of drug-likeness (QED) is 0.159. The topological polar surface area (TPSA) is 152 Å². The molecule has 3 heterocycles. The summed E-state index contributed by atoms with van der Waals surface area (Å²) in [6.45, 7) is 10.9. The zero-order valence-corrected chi connectivity index (χ0v) is 27.4. The lowest BCUT2D eigenvalue weighted by atomic mass is 9.86. The predicted molar refractivity (Wildman–Crippen MR) is 170 cm³/mol. The van der Waals surface area contributed by atoms with Crippen LogP contribution in [0.25, 0.3) is 6.08 Å². The fourth-order valence-corrected chi connectivity index (χ4v) is 5.45. The maximum atomic E-state index is 13.0. The number of epoxide rings is 1. The number of fused-ring (bicyclic) bond motifs is 1. The second-order valence-corrected chi connectivity index (χ2v) is 12.5. The van der Waals surface area contributed by atoms with Crippen LogP contribution in [0.4, 0.5) is 0 Å². The number of aryl methyl sites for hydroxylation is 1. The molecule has 0 bridgehead atoms. The summed E-state index contributed by atoms with van der Waals surface area (Å²) in [5.74, 6) is -1.48. The van der Waals surface area contributed by atoms with Crippen molar-refractivity contribution < 1.29 is 43.5 Å². The van der Waals surface area contributed by atoms with Crippen molar-refractivity contribution >= 4 is 18.0 Å². The highest BCUT2D eigenvalue weighted by molar-refractivity contribution is 5.82. The largest absolute Gasteiger partial charge is 0.469 e. The SMILES string of the molecule is COC(=O)C[C@@H]1CC=CC(=O)O[C@@H]([C@H](C)[C@@H](O)C(C)=CC=CC(C)=Cc2coc(C)n2)C[C@H](O)[C@]2(C)O[C@@H]2C=C[C@@H](C)[C@H](O)C1. The number of esters is 2. The first-order valence-electron chi connectivity index (χ1n) is 15.5. The van der Waals surface area contributed by atoms with E-state index in [0.717, 1.165) is 11.3 Å². The average Bonchev–Trinajstić information content (AvgIpc) is 3.50. The van der Waals surface area contributed by atoms with E-state index in [0.29, 0.717) is 24.3 Å². The van der Waals surface area contributed by atoms with Crippen LogP contribution in [0.3, 0.4) is 0 Å². The van der Waals surface area contributed by atoms with E-state index in [2.05, 4.69) is 4.98 Å². The third-order valence-corrected chi connectivity index (χ3v) is 8.73. The van der Waals surface area contributed by atoms with Gasteiger partial charge in [-0.1, -0.05) is 50.3 Å². The summed E-state index contributed by atoms with van der Waals surface area (Å²) in [6.07, 6.45) is 12.5. The molecule has 0 amide bonds. The molecule has 0 aromatic carbocycles. The van der Waals surface area contributed by atoms with Crippen LogP contribution in [0.1, 0.15) is 71.9 Å². The smallest absolute Gasteiger partial charge is 0.330 e. The highest BCUT2D eigenvalue weighted by Crippen LogP contribution is 2.43. The summed E-state index contributed by atoms with van der Waals surface area (Å²) in [4.78, 5) is 29.2. The number of oxazole rings is 1. The van der Waals surface area contributed by atoms with Gasteiger partial charge in [0, 0.05) is 37.7 Å². The highest BCUT2D eigenvalue weighted by atomic mass is 16.6. The van der Waals surface area contributed by atoms with Crippen molar-refractivity contribution in [3.05, 3.63) is 71.5 Å². The third kappa shape index (κ3) is 10.6. The predicted octanol–water partition coefficient (Wildman–Crippen LogP) is 4.79. The van der Waals surface area contributed by atoms with Crippen molar-refractivity contribution in [3.8, 4) is 0 Å². The number of hydrogen-bond donors (Lipinski definition) is 3.